The van der Waals surface area contributed by atoms with Crippen molar-refractivity contribution in [2.24, 2.45) is 5.92 Å². The van der Waals surface area contributed by atoms with Gasteiger partial charge in [0.25, 0.3) is 0 Å². The van der Waals surface area contributed by atoms with Crippen molar-refractivity contribution < 1.29 is 9.84 Å². The number of methoxy groups -OCH3 is 1. The fraction of sp³-hybridized carbons (Fsp3) is 1.00. The Bertz CT molecular complexity index is 132. The molecule has 2 fully saturated rings. The van der Waals surface area contributed by atoms with Gasteiger partial charge in [-0.15, -0.1) is 0 Å². The molecule has 0 amide bonds. The summed E-state index contributed by atoms with van der Waals surface area (Å²) in [5.74, 6) is 1.08. The first-order chi connectivity index (χ1) is 6.24. The SMILES string of the molecule is CC1CC1.COC1CCCCC1O. The lowest BCUT2D eigenvalue weighted by atomic mass is 9.95. The van der Waals surface area contributed by atoms with E-state index in [0.29, 0.717) is 0 Å². The molecule has 13 heavy (non-hydrogen) atoms. The first kappa shape index (κ1) is 11.0. The molecule has 0 heterocycles. The first-order valence-electron chi connectivity index (χ1n) is 5.45. The molecule has 0 bridgehead atoms. The molecule has 0 spiro atoms. The third-order valence-corrected chi connectivity index (χ3v) is 2.84. The van der Waals surface area contributed by atoms with Gasteiger partial charge in [0, 0.05) is 7.11 Å². The quantitative estimate of drug-likeness (QED) is 0.681. The summed E-state index contributed by atoms with van der Waals surface area (Å²) in [6, 6.07) is 0. The third kappa shape index (κ3) is 4.63. The molecule has 2 saturated carbocycles. The summed E-state index contributed by atoms with van der Waals surface area (Å²) in [5.41, 5.74) is 0. The highest BCUT2D eigenvalue weighted by Gasteiger charge is 2.21. The second-order valence-electron chi connectivity index (χ2n) is 4.31. The molecule has 2 unspecified atom stereocenters. The molecule has 1 N–H and O–H groups in total. The van der Waals surface area contributed by atoms with E-state index in [1.54, 1.807) is 7.11 Å². The lowest BCUT2D eigenvalue weighted by molar-refractivity contribution is -0.0359. The van der Waals surface area contributed by atoms with E-state index in [2.05, 4.69) is 6.92 Å². The average Bonchev–Trinajstić information content (AvgIpc) is 2.90. The minimum absolute atomic E-state index is 0.110. The summed E-state index contributed by atoms with van der Waals surface area (Å²) in [4.78, 5) is 0. The Balaban J connectivity index is 0.000000175. The molecule has 2 heteroatoms. The van der Waals surface area contributed by atoms with Crippen LogP contribution in [0.3, 0.4) is 0 Å². The van der Waals surface area contributed by atoms with Gasteiger partial charge in [0.05, 0.1) is 12.2 Å². The van der Waals surface area contributed by atoms with Crippen LogP contribution in [0.2, 0.25) is 0 Å². The van der Waals surface area contributed by atoms with E-state index in [1.807, 2.05) is 0 Å². The highest BCUT2D eigenvalue weighted by Crippen LogP contribution is 2.26. The van der Waals surface area contributed by atoms with Gasteiger partial charge in [-0.3, -0.25) is 0 Å². The van der Waals surface area contributed by atoms with E-state index < -0.39 is 0 Å². The topological polar surface area (TPSA) is 29.5 Å². The Labute approximate surface area is 81.3 Å². The summed E-state index contributed by atoms with van der Waals surface area (Å²) >= 11 is 0. The zero-order valence-corrected chi connectivity index (χ0v) is 8.83. The molecule has 2 aliphatic carbocycles. The van der Waals surface area contributed by atoms with Gasteiger partial charge in [-0.25, -0.2) is 0 Å². The van der Waals surface area contributed by atoms with Crippen molar-refractivity contribution in [1.82, 2.24) is 0 Å². The van der Waals surface area contributed by atoms with Gasteiger partial charge >= 0.3 is 0 Å². The van der Waals surface area contributed by atoms with Crippen LogP contribution in [0.25, 0.3) is 0 Å². The van der Waals surface area contributed by atoms with Crippen LogP contribution in [-0.2, 0) is 4.74 Å². The minimum Gasteiger partial charge on any atom is -0.390 e. The number of aliphatic hydroxyl groups excluding tert-OH is 1. The number of hydrogen-bond donors (Lipinski definition) is 1. The van der Waals surface area contributed by atoms with E-state index in [1.165, 1.54) is 19.3 Å². The summed E-state index contributed by atoms with van der Waals surface area (Å²) in [5, 5.41) is 9.24. The zero-order chi connectivity index (χ0) is 9.68. The van der Waals surface area contributed by atoms with Crippen LogP contribution in [0.15, 0.2) is 0 Å². The van der Waals surface area contributed by atoms with Crippen molar-refractivity contribution in [2.45, 2.75) is 57.7 Å². The summed E-state index contributed by atoms with van der Waals surface area (Å²) < 4.78 is 5.05. The van der Waals surface area contributed by atoms with Crippen LogP contribution < -0.4 is 0 Å². The number of hydrogen-bond acceptors (Lipinski definition) is 2. The molecule has 78 valence electrons. The van der Waals surface area contributed by atoms with Crippen LogP contribution >= 0.6 is 0 Å². The van der Waals surface area contributed by atoms with Crippen LogP contribution in [0.5, 0.6) is 0 Å². The largest absolute Gasteiger partial charge is 0.390 e. The maximum atomic E-state index is 9.24. The molecule has 0 aromatic rings. The van der Waals surface area contributed by atoms with E-state index >= 15 is 0 Å². The zero-order valence-electron chi connectivity index (χ0n) is 8.83. The molecule has 2 aliphatic rings. The monoisotopic (exact) mass is 186 g/mol. The fourth-order valence-corrected chi connectivity index (χ4v) is 1.52. The Morgan fingerprint density at radius 1 is 1.08 bits per heavy atom. The highest BCUT2D eigenvalue weighted by atomic mass is 16.5. The van der Waals surface area contributed by atoms with Crippen LogP contribution in [0, 0.1) is 5.92 Å². The standard InChI is InChI=1S/C7H14O2.C4H8/c1-9-7-5-3-2-4-6(7)8;1-4-2-3-4/h6-8H,2-5H2,1H3;4H,2-3H2,1H3. The molecule has 2 atom stereocenters. The molecule has 0 radical (unpaired) electrons. The normalized spacial score (nSPS) is 33.5. The lowest BCUT2D eigenvalue weighted by Crippen LogP contribution is -2.30. The molecular weight excluding hydrogens is 164 g/mol. The molecular formula is C11H22O2. The second kappa shape index (κ2) is 5.61. The molecule has 0 aromatic heterocycles. The van der Waals surface area contributed by atoms with Gasteiger partial charge in [-0.05, 0) is 18.8 Å². The highest BCUT2D eigenvalue weighted by molar-refractivity contribution is 4.73. The second-order valence-corrected chi connectivity index (χ2v) is 4.31. The minimum atomic E-state index is -0.205. The number of ether oxygens (including phenoxy) is 1. The van der Waals surface area contributed by atoms with E-state index in [0.717, 1.165) is 25.2 Å². The van der Waals surface area contributed by atoms with Gasteiger partial charge < -0.3 is 9.84 Å². The fourth-order valence-electron chi connectivity index (χ4n) is 1.52. The maximum Gasteiger partial charge on any atom is 0.0830 e. The van der Waals surface area contributed by atoms with E-state index in [-0.39, 0.29) is 12.2 Å². The van der Waals surface area contributed by atoms with Gasteiger partial charge in [-0.2, -0.15) is 0 Å². The Hall–Kier alpha value is -0.0800. The van der Waals surface area contributed by atoms with Crippen molar-refractivity contribution >= 4 is 0 Å². The van der Waals surface area contributed by atoms with Gasteiger partial charge in [0.15, 0.2) is 0 Å². The van der Waals surface area contributed by atoms with Crippen molar-refractivity contribution in [1.29, 1.82) is 0 Å². The third-order valence-electron chi connectivity index (χ3n) is 2.84. The molecule has 0 saturated heterocycles. The number of rotatable bonds is 1. The predicted octanol–water partition coefficient (Wildman–Crippen LogP) is 2.35. The summed E-state index contributed by atoms with van der Waals surface area (Å²) in [6.07, 6.45) is 7.18. The van der Waals surface area contributed by atoms with Crippen molar-refractivity contribution in [3.05, 3.63) is 0 Å². The van der Waals surface area contributed by atoms with Gasteiger partial charge in [0.1, 0.15) is 0 Å². The summed E-state index contributed by atoms with van der Waals surface area (Å²) in [6.45, 7) is 2.28. The van der Waals surface area contributed by atoms with Crippen LogP contribution in [-0.4, -0.2) is 24.4 Å². The van der Waals surface area contributed by atoms with Gasteiger partial charge in [-0.1, -0.05) is 32.6 Å². The Kier molecular flexibility index (Phi) is 4.74. The van der Waals surface area contributed by atoms with Crippen molar-refractivity contribution in [2.75, 3.05) is 7.11 Å². The molecule has 2 rings (SSSR count). The molecule has 2 nitrogen and oxygen atoms in total. The lowest BCUT2D eigenvalue weighted by Gasteiger charge is -2.25. The smallest absolute Gasteiger partial charge is 0.0830 e. The van der Waals surface area contributed by atoms with Crippen molar-refractivity contribution in [3.63, 3.8) is 0 Å². The van der Waals surface area contributed by atoms with E-state index in [4.69, 9.17) is 4.74 Å². The summed E-state index contributed by atoms with van der Waals surface area (Å²) in [7, 11) is 1.67. The first-order valence-corrected chi connectivity index (χ1v) is 5.45. The van der Waals surface area contributed by atoms with E-state index in [9.17, 15) is 5.11 Å². The maximum absolute atomic E-state index is 9.24. The predicted molar refractivity (Wildman–Crippen MR) is 53.7 cm³/mol. The van der Waals surface area contributed by atoms with Crippen LogP contribution in [0.1, 0.15) is 45.4 Å². The number of aliphatic hydroxyl groups is 1. The Morgan fingerprint density at radius 2 is 1.62 bits per heavy atom. The molecule has 0 aromatic carbocycles. The van der Waals surface area contributed by atoms with Crippen LogP contribution in [0.4, 0.5) is 0 Å². The average molecular weight is 186 g/mol. The Morgan fingerprint density at radius 3 is 1.92 bits per heavy atom. The van der Waals surface area contributed by atoms with Crippen molar-refractivity contribution in [3.8, 4) is 0 Å². The molecule has 0 aliphatic heterocycles. The van der Waals surface area contributed by atoms with Gasteiger partial charge in [0.2, 0.25) is 0 Å².